The molecule has 1 aromatic rings. The van der Waals surface area contributed by atoms with Gasteiger partial charge in [-0.2, -0.15) is 11.8 Å². The molecule has 2 N–H and O–H groups in total. The summed E-state index contributed by atoms with van der Waals surface area (Å²) in [6.45, 7) is 0.548. The Kier molecular flexibility index (Phi) is 7.28. The SMILES string of the molecule is COC(=O)C(N)CSCCCOc1ccc(F)cc1. The molecule has 0 amide bonds. The minimum atomic E-state index is -0.576. The first-order valence-electron chi connectivity index (χ1n) is 5.93. The molecule has 0 spiro atoms. The lowest BCUT2D eigenvalue weighted by molar-refractivity contribution is -0.141. The summed E-state index contributed by atoms with van der Waals surface area (Å²) < 4.78 is 22.6. The van der Waals surface area contributed by atoms with Crippen molar-refractivity contribution < 1.29 is 18.7 Å². The highest BCUT2D eigenvalue weighted by molar-refractivity contribution is 7.99. The van der Waals surface area contributed by atoms with E-state index in [1.54, 1.807) is 23.9 Å². The van der Waals surface area contributed by atoms with Crippen LogP contribution in [0.3, 0.4) is 0 Å². The summed E-state index contributed by atoms with van der Waals surface area (Å²) in [6.07, 6.45) is 0.829. The molecule has 4 nitrogen and oxygen atoms in total. The van der Waals surface area contributed by atoms with Gasteiger partial charge in [0.1, 0.15) is 17.6 Å². The fourth-order valence-corrected chi connectivity index (χ4v) is 2.19. The Hall–Kier alpha value is -1.27. The van der Waals surface area contributed by atoms with Crippen molar-refractivity contribution in [3.05, 3.63) is 30.1 Å². The third kappa shape index (κ3) is 6.45. The molecule has 6 heteroatoms. The van der Waals surface area contributed by atoms with Gasteiger partial charge in [-0.1, -0.05) is 0 Å². The van der Waals surface area contributed by atoms with E-state index in [0.717, 1.165) is 12.2 Å². The zero-order valence-corrected chi connectivity index (χ0v) is 11.6. The van der Waals surface area contributed by atoms with Crippen LogP contribution in [0.25, 0.3) is 0 Å². The molecule has 106 valence electrons. The number of carbonyl (C=O) groups excluding carboxylic acids is 1. The van der Waals surface area contributed by atoms with Crippen molar-refractivity contribution in [1.82, 2.24) is 0 Å². The number of halogens is 1. The van der Waals surface area contributed by atoms with Crippen molar-refractivity contribution in [1.29, 1.82) is 0 Å². The van der Waals surface area contributed by atoms with Crippen LogP contribution in [0.5, 0.6) is 5.75 Å². The van der Waals surface area contributed by atoms with Crippen molar-refractivity contribution in [2.45, 2.75) is 12.5 Å². The van der Waals surface area contributed by atoms with Gasteiger partial charge in [-0.15, -0.1) is 0 Å². The molecule has 0 bridgehead atoms. The number of benzene rings is 1. The van der Waals surface area contributed by atoms with Crippen molar-refractivity contribution in [3.63, 3.8) is 0 Å². The Balaban J connectivity index is 2.05. The van der Waals surface area contributed by atoms with Crippen LogP contribution >= 0.6 is 11.8 Å². The summed E-state index contributed by atoms with van der Waals surface area (Å²) in [5.41, 5.74) is 5.59. The minimum absolute atomic E-state index is 0.278. The highest BCUT2D eigenvalue weighted by atomic mass is 32.2. The van der Waals surface area contributed by atoms with Gasteiger partial charge in [-0.25, -0.2) is 4.39 Å². The summed E-state index contributed by atoms with van der Waals surface area (Å²) in [6, 6.07) is 5.33. The quantitative estimate of drug-likeness (QED) is 0.584. The second-order valence-corrected chi connectivity index (χ2v) is 5.01. The summed E-state index contributed by atoms with van der Waals surface area (Å²) >= 11 is 1.58. The third-order valence-corrected chi connectivity index (χ3v) is 3.49. The predicted molar refractivity (Wildman–Crippen MR) is 73.8 cm³/mol. The maximum atomic E-state index is 12.6. The molecule has 0 aliphatic carbocycles. The Morgan fingerprint density at radius 3 is 2.74 bits per heavy atom. The number of thioether (sulfide) groups is 1. The van der Waals surface area contributed by atoms with Crippen molar-refractivity contribution >= 4 is 17.7 Å². The van der Waals surface area contributed by atoms with Gasteiger partial charge in [0.05, 0.1) is 13.7 Å². The summed E-state index contributed by atoms with van der Waals surface area (Å²) in [4.78, 5) is 11.0. The first-order chi connectivity index (χ1) is 9.13. The fraction of sp³-hybridized carbons (Fsp3) is 0.462. The number of rotatable bonds is 8. The average Bonchev–Trinajstić information content (AvgIpc) is 2.43. The Labute approximate surface area is 116 Å². The van der Waals surface area contributed by atoms with Gasteiger partial charge in [-0.3, -0.25) is 4.79 Å². The summed E-state index contributed by atoms with van der Waals surface area (Å²) in [5.74, 6) is 1.35. The normalized spacial score (nSPS) is 11.9. The molecular formula is C13H18FNO3S. The maximum Gasteiger partial charge on any atom is 0.323 e. The Morgan fingerprint density at radius 2 is 2.11 bits per heavy atom. The number of methoxy groups -OCH3 is 1. The minimum Gasteiger partial charge on any atom is -0.494 e. The molecule has 1 aromatic carbocycles. The molecule has 0 radical (unpaired) electrons. The molecule has 0 fully saturated rings. The first kappa shape index (κ1) is 15.8. The topological polar surface area (TPSA) is 61.5 Å². The fourth-order valence-electron chi connectivity index (χ4n) is 1.31. The lowest BCUT2D eigenvalue weighted by atomic mass is 10.3. The summed E-state index contributed by atoms with van der Waals surface area (Å²) in [5, 5.41) is 0. The van der Waals surface area contributed by atoms with Gasteiger partial charge in [0.25, 0.3) is 0 Å². The van der Waals surface area contributed by atoms with E-state index >= 15 is 0 Å². The molecule has 0 saturated heterocycles. The van der Waals surface area contributed by atoms with E-state index in [1.807, 2.05) is 0 Å². The van der Waals surface area contributed by atoms with Crippen LogP contribution in [-0.2, 0) is 9.53 Å². The van der Waals surface area contributed by atoms with E-state index in [9.17, 15) is 9.18 Å². The number of hydrogen-bond donors (Lipinski definition) is 1. The van der Waals surface area contributed by atoms with Gasteiger partial charge in [0, 0.05) is 5.75 Å². The monoisotopic (exact) mass is 287 g/mol. The molecule has 1 unspecified atom stereocenters. The number of carbonyl (C=O) groups is 1. The van der Waals surface area contributed by atoms with Crippen molar-refractivity contribution in [2.75, 3.05) is 25.2 Å². The highest BCUT2D eigenvalue weighted by Gasteiger charge is 2.12. The number of ether oxygens (including phenoxy) is 2. The lowest BCUT2D eigenvalue weighted by Crippen LogP contribution is -2.33. The smallest absolute Gasteiger partial charge is 0.323 e. The molecule has 19 heavy (non-hydrogen) atoms. The second kappa shape index (κ2) is 8.77. The van der Waals surface area contributed by atoms with Gasteiger partial charge >= 0.3 is 5.97 Å². The van der Waals surface area contributed by atoms with Crippen LogP contribution in [0.15, 0.2) is 24.3 Å². The van der Waals surface area contributed by atoms with E-state index < -0.39 is 12.0 Å². The van der Waals surface area contributed by atoms with Crippen LogP contribution in [0.2, 0.25) is 0 Å². The average molecular weight is 287 g/mol. The van der Waals surface area contributed by atoms with Crippen LogP contribution in [0, 0.1) is 5.82 Å². The maximum absolute atomic E-state index is 12.6. The van der Waals surface area contributed by atoms with Gasteiger partial charge in [-0.05, 0) is 36.4 Å². The van der Waals surface area contributed by atoms with Crippen LogP contribution in [0.1, 0.15) is 6.42 Å². The number of nitrogens with two attached hydrogens (primary N) is 1. The predicted octanol–water partition coefficient (Wildman–Crippen LogP) is 1.83. The van der Waals surface area contributed by atoms with E-state index in [0.29, 0.717) is 18.1 Å². The summed E-state index contributed by atoms with van der Waals surface area (Å²) in [7, 11) is 1.32. The van der Waals surface area contributed by atoms with Gasteiger partial charge < -0.3 is 15.2 Å². The molecule has 0 aliphatic heterocycles. The molecule has 1 rings (SSSR count). The molecule has 0 aromatic heterocycles. The van der Waals surface area contributed by atoms with E-state index in [4.69, 9.17) is 10.5 Å². The highest BCUT2D eigenvalue weighted by Crippen LogP contribution is 2.12. The zero-order valence-electron chi connectivity index (χ0n) is 10.8. The van der Waals surface area contributed by atoms with Gasteiger partial charge in [0.2, 0.25) is 0 Å². The van der Waals surface area contributed by atoms with Crippen LogP contribution < -0.4 is 10.5 Å². The molecule has 0 heterocycles. The number of hydrogen-bond acceptors (Lipinski definition) is 5. The molecular weight excluding hydrogens is 269 g/mol. The van der Waals surface area contributed by atoms with Crippen molar-refractivity contribution in [3.8, 4) is 5.75 Å². The largest absolute Gasteiger partial charge is 0.494 e. The molecule has 0 saturated carbocycles. The van der Waals surface area contributed by atoms with E-state index in [2.05, 4.69) is 4.74 Å². The Morgan fingerprint density at radius 1 is 1.42 bits per heavy atom. The zero-order chi connectivity index (χ0) is 14.1. The standard InChI is InChI=1S/C13H18FNO3S/c1-17-13(16)12(15)9-19-8-2-7-18-11-5-3-10(14)4-6-11/h3-6,12H,2,7-9,15H2,1H3. The third-order valence-electron chi connectivity index (χ3n) is 2.32. The van der Waals surface area contributed by atoms with Gasteiger partial charge in [0.15, 0.2) is 0 Å². The van der Waals surface area contributed by atoms with Crippen LogP contribution in [0.4, 0.5) is 4.39 Å². The molecule has 1 atom stereocenters. The van der Waals surface area contributed by atoms with E-state index in [-0.39, 0.29) is 5.82 Å². The number of esters is 1. The first-order valence-corrected chi connectivity index (χ1v) is 7.08. The molecule has 0 aliphatic rings. The Bertz CT molecular complexity index is 386. The van der Waals surface area contributed by atoms with Crippen molar-refractivity contribution in [2.24, 2.45) is 5.73 Å². The van der Waals surface area contributed by atoms with Crippen LogP contribution in [-0.4, -0.2) is 37.2 Å². The lowest BCUT2D eigenvalue weighted by Gasteiger charge is -2.09. The second-order valence-electron chi connectivity index (χ2n) is 3.86. The van der Waals surface area contributed by atoms with E-state index in [1.165, 1.54) is 19.2 Å².